The maximum atomic E-state index is 11.4. The third-order valence-corrected chi connectivity index (χ3v) is 4.37. The lowest BCUT2D eigenvalue weighted by molar-refractivity contribution is -0.120. The smallest absolute Gasteiger partial charge is 0.234 e. The summed E-state index contributed by atoms with van der Waals surface area (Å²) in [5.74, 6) is -0.261. The van der Waals surface area contributed by atoms with Crippen molar-refractivity contribution in [3.8, 4) is 27.9 Å². The lowest BCUT2D eigenvalue weighted by Gasteiger charge is -2.05. The van der Waals surface area contributed by atoms with Gasteiger partial charge < -0.3 is 5.32 Å². The summed E-state index contributed by atoms with van der Waals surface area (Å²) in [5, 5.41) is 14.2. The summed E-state index contributed by atoms with van der Waals surface area (Å²) >= 11 is 1.60. The summed E-state index contributed by atoms with van der Waals surface area (Å²) in [7, 11) is 0. The molecule has 1 amide bonds. The van der Waals surface area contributed by atoms with E-state index in [9.17, 15) is 4.79 Å². The lowest BCUT2D eigenvalue weighted by Crippen LogP contribution is -2.21. The van der Waals surface area contributed by atoms with Gasteiger partial charge in [0.2, 0.25) is 5.91 Å². The van der Waals surface area contributed by atoms with Gasteiger partial charge in [-0.1, -0.05) is 48.5 Å². The van der Waals surface area contributed by atoms with E-state index in [4.69, 9.17) is 10.2 Å². The van der Waals surface area contributed by atoms with Crippen molar-refractivity contribution >= 4 is 17.2 Å². The molecule has 0 radical (unpaired) electrons. The van der Waals surface area contributed by atoms with Crippen molar-refractivity contribution in [3.05, 3.63) is 65.5 Å². The maximum absolute atomic E-state index is 11.4. The highest BCUT2D eigenvalue weighted by Gasteiger charge is 2.07. The van der Waals surface area contributed by atoms with Gasteiger partial charge in [-0.3, -0.25) is 4.79 Å². The summed E-state index contributed by atoms with van der Waals surface area (Å²) in [6.45, 7) is 0.408. The van der Waals surface area contributed by atoms with Crippen molar-refractivity contribution in [1.82, 2.24) is 10.3 Å². The SMILES string of the molecule is N#CCC(=O)NCc1cccc(-c2nc(-c3ccccc3)cs2)c1. The Morgan fingerprint density at radius 2 is 1.92 bits per heavy atom. The number of carbonyl (C=O) groups excluding carboxylic acids is 1. The standard InChI is InChI=1S/C19H15N3OS/c20-10-9-18(23)21-12-14-5-4-8-16(11-14)19-22-17(13-24-19)15-6-2-1-3-7-15/h1-8,11,13H,9,12H2,(H,21,23). The Morgan fingerprint density at radius 1 is 1.12 bits per heavy atom. The second-order valence-electron chi connectivity index (χ2n) is 5.22. The minimum atomic E-state index is -0.261. The molecular formula is C19H15N3OS. The molecular weight excluding hydrogens is 318 g/mol. The van der Waals surface area contributed by atoms with Crippen molar-refractivity contribution in [2.24, 2.45) is 0 Å². The van der Waals surface area contributed by atoms with Crippen LogP contribution in [-0.2, 0) is 11.3 Å². The second kappa shape index (κ2) is 7.53. The fraction of sp³-hybridized carbons (Fsp3) is 0.105. The topological polar surface area (TPSA) is 65.8 Å². The van der Waals surface area contributed by atoms with Gasteiger partial charge in [-0.15, -0.1) is 11.3 Å². The Hall–Kier alpha value is -2.97. The molecule has 2 aromatic carbocycles. The molecule has 5 heteroatoms. The lowest BCUT2D eigenvalue weighted by atomic mass is 10.1. The first kappa shape index (κ1) is 15.9. The van der Waals surface area contributed by atoms with E-state index in [1.54, 1.807) is 11.3 Å². The van der Waals surface area contributed by atoms with Gasteiger partial charge in [0.15, 0.2) is 0 Å². The van der Waals surface area contributed by atoms with Gasteiger partial charge in [0, 0.05) is 23.1 Å². The molecule has 1 heterocycles. The first-order chi connectivity index (χ1) is 11.8. The number of nitrogens with one attached hydrogen (secondary N) is 1. The van der Waals surface area contributed by atoms with Crippen LogP contribution in [0.5, 0.6) is 0 Å². The molecule has 0 aliphatic rings. The third kappa shape index (κ3) is 3.86. The van der Waals surface area contributed by atoms with E-state index in [1.165, 1.54) is 0 Å². The zero-order chi connectivity index (χ0) is 16.8. The van der Waals surface area contributed by atoms with Gasteiger partial charge in [-0.25, -0.2) is 4.98 Å². The number of thiazole rings is 1. The highest BCUT2D eigenvalue weighted by atomic mass is 32.1. The van der Waals surface area contributed by atoms with Gasteiger partial charge in [-0.05, 0) is 11.6 Å². The average Bonchev–Trinajstić information content (AvgIpc) is 3.11. The molecule has 0 spiro atoms. The van der Waals surface area contributed by atoms with Gasteiger partial charge in [0.05, 0.1) is 11.8 Å². The van der Waals surface area contributed by atoms with Crippen LogP contribution in [0.3, 0.4) is 0 Å². The molecule has 0 unspecified atom stereocenters. The van der Waals surface area contributed by atoms with E-state index in [1.807, 2.05) is 66.0 Å². The van der Waals surface area contributed by atoms with Gasteiger partial charge in [-0.2, -0.15) is 5.26 Å². The van der Waals surface area contributed by atoms with Crippen molar-refractivity contribution in [2.45, 2.75) is 13.0 Å². The van der Waals surface area contributed by atoms with Crippen LogP contribution in [0.15, 0.2) is 60.0 Å². The van der Waals surface area contributed by atoms with Crippen LogP contribution in [-0.4, -0.2) is 10.9 Å². The fourth-order valence-corrected chi connectivity index (χ4v) is 3.12. The van der Waals surface area contributed by atoms with Crippen LogP contribution < -0.4 is 5.32 Å². The Balaban J connectivity index is 1.76. The molecule has 0 aliphatic carbocycles. The Kier molecular flexibility index (Phi) is 4.99. The highest BCUT2D eigenvalue weighted by Crippen LogP contribution is 2.29. The van der Waals surface area contributed by atoms with Crippen molar-refractivity contribution in [3.63, 3.8) is 0 Å². The monoisotopic (exact) mass is 333 g/mol. The molecule has 0 aliphatic heterocycles. The summed E-state index contributed by atoms with van der Waals surface area (Å²) in [6, 6.07) is 19.8. The quantitative estimate of drug-likeness (QED) is 0.767. The summed E-state index contributed by atoms with van der Waals surface area (Å²) in [5.41, 5.74) is 4.06. The van der Waals surface area contributed by atoms with Crippen LogP contribution in [0.4, 0.5) is 0 Å². The molecule has 1 aromatic heterocycles. The number of hydrogen-bond acceptors (Lipinski definition) is 4. The first-order valence-electron chi connectivity index (χ1n) is 7.50. The largest absolute Gasteiger partial charge is 0.351 e. The van der Waals surface area contributed by atoms with Gasteiger partial charge in [0.1, 0.15) is 11.4 Å². The summed E-state index contributed by atoms with van der Waals surface area (Å²) in [4.78, 5) is 16.1. The zero-order valence-corrected chi connectivity index (χ0v) is 13.7. The number of carbonyl (C=O) groups is 1. The number of amides is 1. The Bertz CT molecular complexity index is 881. The van der Waals surface area contributed by atoms with Crippen LogP contribution in [0, 0.1) is 11.3 Å². The molecule has 1 N–H and O–H groups in total. The maximum Gasteiger partial charge on any atom is 0.234 e. The van der Waals surface area contributed by atoms with Crippen molar-refractivity contribution in [1.29, 1.82) is 5.26 Å². The number of benzene rings is 2. The molecule has 118 valence electrons. The van der Waals surface area contributed by atoms with E-state index in [2.05, 4.69) is 5.32 Å². The van der Waals surface area contributed by atoms with E-state index in [-0.39, 0.29) is 12.3 Å². The predicted molar refractivity (Wildman–Crippen MR) is 95.1 cm³/mol. The van der Waals surface area contributed by atoms with Gasteiger partial charge in [0.25, 0.3) is 0 Å². The minimum absolute atomic E-state index is 0.118. The number of aromatic nitrogens is 1. The molecule has 0 fully saturated rings. The molecule has 3 aromatic rings. The van der Waals surface area contributed by atoms with Gasteiger partial charge >= 0.3 is 0 Å². The van der Waals surface area contributed by atoms with E-state index < -0.39 is 0 Å². The van der Waals surface area contributed by atoms with Crippen molar-refractivity contribution < 1.29 is 4.79 Å². The molecule has 4 nitrogen and oxygen atoms in total. The minimum Gasteiger partial charge on any atom is -0.351 e. The number of nitrogens with zero attached hydrogens (tertiary/aromatic N) is 2. The number of rotatable bonds is 5. The van der Waals surface area contributed by atoms with Crippen LogP contribution in [0.25, 0.3) is 21.8 Å². The first-order valence-corrected chi connectivity index (χ1v) is 8.38. The van der Waals surface area contributed by atoms with Crippen LogP contribution >= 0.6 is 11.3 Å². The molecule has 0 atom stereocenters. The Labute approximate surface area is 144 Å². The predicted octanol–water partition coefficient (Wildman–Crippen LogP) is 4.01. The molecule has 24 heavy (non-hydrogen) atoms. The van der Waals surface area contributed by atoms with Crippen LogP contribution in [0.1, 0.15) is 12.0 Å². The normalized spacial score (nSPS) is 10.1. The third-order valence-electron chi connectivity index (χ3n) is 3.48. The second-order valence-corrected chi connectivity index (χ2v) is 6.07. The number of hydrogen-bond donors (Lipinski definition) is 1. The van der Waals surface area contributed by atoms with E-state index >= 15 is 0 Å². The summed E-state index contributed by atoms with van der Waals surface area (Å²) in [6.07, 6.45) is -0.118. The highest BCUT2D eigenvalue weighted by molar-refractivity contribution is 7.13. The van der Waals surface area contributed by atoms with Crippen LogP contribution in [0.2, 0.25) is 0 Å². The van der Waals surface area contributed by atoms with Crippen molar-refractivity contribution in [2.75, 3.05) is 0 Å². The molecule has 0 saturated carbocycles. The molecule has 3 rings (SSSR count). The number of nitriles is 1. The zero-order valence-electron chi connectivity index (χ0n) is 12.9. The Morgan fingerprint density at radius 3 is 2.71 bits per heavy atom. The summed E-state index contributed by atoms with van der Waals surface area (Å²) < 4.78 is 0. The molecule has 0 bridgehead atoms. The average molecular weight is 333 g/mol. The van der Waals surface area contributed by atoms with E-state index in [0.717, 1.165) is 27.4 Å². The van der Waals surface area contributed by atoms with E-state index in [0.29, 0.717) is 6.54 Å². The molecule has 0 saturated heterocycles. The fourth-order valence-electron chi connectivity index (χ4n) is 2.30.